The topological polar surface area (TPSA) is 79.3 Å². The van der Waals surface area contributed by atoms with Gasteiger partial charge >= 0.3 is 5.97 Å². The molecule has 5 rings (SSSR count). The Morgan fingerprint density at radius 1 is 1.08 bits per heavy atom. The second-order valence-corrected chi connectivity index (χ2v) is 11.7. The summed E-state index contributed by atoms with van der Waals surface area (Å²) in [6, 6.07) is 9.39. The van der Waals surface area contributed by atoms with Gasteiger partial charge in [0.2, 0.25) is 0 Å². The summed E-state index contributed by atoms with van der Waals surface area (Å²) >= 11 is 0. The number of nitrogens with zero attached hydrogens (tertiary/aromatic N) is 3. The molecular weight excluding hydrogens is 492 g/mol. The number of carbonyl (C=O) groups excluding carboxylic acids is 2. The van der Waals surface area contributed by atoms with E-state index in [4.69, 9.17) is 9.47 Å². The van der Waals surface area contributed by atoms with Crippen LogP contribution in [0.3, 0.4) is 0 Å². The number of aromatic nitrogens is 2. The summed E-state index contributed by atoms with van der Waals surface area (Å²) in [5, 5.41) is 3.38. The van der Waals surface area contributed by atoms with Crippen LogP contribution in [0.2, 0.25) is 0 Å². The van der Waals surface area contributed by atoms with Crippen molar-refractivity contribution in [2.24, 2.45) is 0 Å². The molecule has 0 saturated carbocycles. The van der Waals surface area contributed by atoms with Crippen LogP contribution in [0.25, 0.3) is 11.1 Å². The van der Waals surface area contributed by atoms with E-state index in [1.807, 2.05) is 43.6 Å². The molecule has 3 aromatic rings. The molecule has 1 N–H and O–H groups in total. The Hall–Kier alpha value is -3.52. The van der Waals surface area contributed by atoms with Crippen LogP contribution in [0.1, 0.15) is 74.1 Å². The highest BCUT2D eigenvalue weighted by Crippen LogP contribution is 2.39. The molecule has 4 heterocycles. The summed E-state index contributed by atoms with van der Waals surface area (Å²) in [4.78, 5) is 31.1. The van der Waals surface area contributed by atoms with Crippen molar-refractivity contribution in [3.05, 3.63) is 65.1 Å². The molecule has 2 aromatic heterocycles. The summed E-state index contributed by atoms with van der Waals surface area (Å²) < 4.78 is 13.5. The van der Waals surface area contributed by atoms with Gasteiger partial charge < -0.3 is 14.4 Å². The maximum absolute atomic E-state index is 13.8. The molecule has 0 atom stereocenters. The lowest BCUT2D eigenvalue weighted by Crippen LogP contribution is -2.37. The largest absolute Gasteiger partial charge is 0.492 e. The number of aryl methyl sites for hydroxylation is 1. The number of amides is 1. The zero-order valence-electron chi connectivity index (χ0n) is 23.8. The summed E-state index contributed by atoms with van der Waals surface area (Å²) in [5.74, 6) is 0.114. The van der Waals surface area contributed by atoms with E-state index in [9.17, 15) is 9.59 Å². The van der Waals surface area contributed by atoms with Crippen molar-refractivity contribution >= 4 is 23.0 Å². The summed E-state index contributed by atoms with van der Waals surface area (Å²) in [5.41, 5.74) is 4.24. The lowest BCUT2D eigenvalue weighted by molar-refractivity contribution is -0.140. The minimum Gasteiger partial charge on any atom is -0.492 e. The molecule has 0 bridgehead atoms. The van der Waals surface area contributed by atoms with Gasteiger partial charge in [-0.25, -0.2) is 4.79 Å². The lowest BCUT2D eigenvalue weighted by atomic mass is 9.82. The number of nitrogens with one attached hydrogen (secondary N) is 1. The van der Waals surface area contributed by atoms with Crippen LogP contribution in [0.4, 0.5) is 0 Å². The first-order valence-corrected chi connectivity index (χ1v) is 14.0. The van der Waals surface area contributed by atoms with Gasteiger partial charge in [0.1, 0.15) is 17.9 Å². The number of fused-ring (bicyclic) bond motifs is 3. The van der Waals surface area contributed by atoms with Crippen LogP contribution in [-0.2, 0) is 14.9 Å². The van der Waals surface area contributed by atoms with E-state index >= 15 is 0 Å². The SMILES string of the molecule is Cc1cc2c3c([nH]n2c1)C(C(=O)OC(C)C)=CN(C(=O)c1ccc(OCCN2CCCCC2)cc1)CC3(C)C. The fourth-order valence-corrected chi connectivity index (χ4v) is 5.73. The Kier molecular flexibility index (Phi) is 7.58. The monoisotopic (exact) mass is 532 g/mol. The van der Waals surface area contributed by atoms with Crippen molar-refractivity contribution in [3.8, 4) is 5.75 Å². The lowest BCUT2D eigenvalue weighted by Gasteiger charge is -2.29. The van der Waals surface area contributed by atoms with Crippen LogP contribution >= 0.6 is 0 Å². The molecule has 1 saturated heterocycles. The van der Waals surface area contributed by atoms with Crippen LogP contribution in [0.15, 0.2) is 42.7 Å². The average molecular weight is 533 g/mol. The van der Waals surface area contributed by atoms with Crippen molar-refractivity contribution in [2.75, 3.05) is 32.8 Å². The molecule has 0 unspecified atom stereocenters. The van der Waals surface area contributed by atoms with Crippen molar-refractivity contribution < 1.29 is 19.1 Å². The molecule has 1 fully saturated rings. The molecule has 0 aliphatic carbocycles. The first-order chi connectivity index (χ1) is 18.6. The highest BCUT2D eigenvalue weighted by molar-refractivity contribution is 6.17. The average Bonchev–Trinajstić information content (AvgIpc) is 3.38. The van der Waals surface area contributed by atoms with E-state index < -0.39 is 11.4 Å². The third kappa shape index (κ3) is 5.76. The van der Waals surface area contributed by atoms with Gasteiger partial charge in [0.15, 0.2) is 0 Å². The quantitative estimate of drug-likeness (QED) is 0.425. The molecule has 2 aliphatic rings. The Balaban J connectivity index is 1.39. The Labute approximate surface area is 230 Å². The van der Waals surface area contributed by atoms with E-state index in [0.717, 1.165) is 42.0 Å². The molecule has 2 aliphatic heterocycles. The van der Waals surface area contributed by atoms with Crippen molar-refractivity contribution in [1.82, 2.24) is 19.4 Å². The second-order valence-electron chi connectivity index (χ2n) is 11.7. The molecule has 39 heavy (non-hydrogen) atoms. The zero-order valence-corrected chi connectivity index (χ0v) is 23.8. The molecule has 208 valence electrons. The number of H-pyrrole nitrogens is 1. The molecule has 8 nitrogen and oxygen atoms in total. The first kappa shape index (κ1) is 27.1. The number of piperidine rings is 1. The Morgan fingerprint density at radius 2 is 1.79 bits per heavy atom. The highest BCUT2D eigenvalue weighted by Gasteiger charge is 2.38. The fraction of sp³-hybridized carbons (Fsp3) is 0.484. The summed E-state index contributed by atoms with van der Waals surface area (Å²) in [6.45, 7) is 14.1. The zero-order chi connectivity index (χ0) is 27.7. The first-order valence-electron chi connectivity index (χ1n) is 14.0. The minimum atomic E-state index is -0.458. The molecule has 1 amide bonds. The van der Waals surface area contributed by atoms with Gasteiger partial charge in [-0.3, -0.25) is 19.3 Å². The number of esters is 1. The third-order valence-corrected chi connectivity index (χ3v) is 7.54. The van der Waals surface area contributed by atoms with E-state index in [0.29, 0.717) is 30.0 Å². The van der Waals surface area contributed by atoms with Gasteiger partial charge in [0, 0.05) is 42.0 Å². The van der Waals surface area contributed by atoms with Crippen LogP contribution < -0.4 is 4.74 Å². The van der Waals surface area contributed by atoms with E-state index in [-0.39, 0.29) is 12.0 Å². The molecule has 1 aromatic carbocycles. The van der Waals surface area contributed by atoms with Crippen molar-refractivity contribution in [2.45, 2.75) is 65.4 Å². The standard InChI is InChI=1S/C31H40N4O4/c1-21(2)39-30(37)25-19-34(20-31(4,5)27-26-17-22(3)18-35(26)32-28(25)27)29(36)23-9-11-24(12-10-23)38-16-15-33-13-7-6-8-14-33/h9-12,17-19,21,32H,6-8,13-16,20H2,1-5H3. The second kappa shape index (κ2) is 10.9. The summed E-state index contributed by atoms with van der Waals surface area (Å²) in [7, 11) is 0. The number of likely N-dealkylation sites (tertiary alicyclic amines) is 1. The predicted molar refractivity (Wildman–Crippen MR) is 152 cm³/mol. The normalized spacial score (nSPS) is 17.6. The van der Waals surface area contributed by atoms with E-state index in [1.54, 1.807) is 23.2 Å². The maximum Gasteiger partial charge on any atom is 0.342 e. The van der Waals surface area contributed by atoms with Crippen molar-refractivity contribution in [1.29, 1.82) is 0 Å². The van der Waals surface area contributed by atoms with E-state index in [2.05, 4.69) is 29.9 Å². The van der Waals surface area contributed by atoms with E-state index in [1.165, 1.54) is 19.3 Å². The predicted octanol–water partition coefficient (Wildman–Crippen LogP) is 5.17. The van der Waals surface area contributed by atoms with Gasteiger partial charge in [-0.2, -0.15) is 0 Å². The van der Waals surface area contributed by atoms with Crippen LogP contribution in [0, 0.1) is 6.92 Å². The number of hydrogen-bond donors (Lipinski definition) is 1. The fourth-order valence-electron chi connectivity index (χ4n) is 5.73. The van der Waals surface area contributed by atoms with Crippen LogP contribution in [0.5, 0.6) is 5.75 Å². The number of aromatic amines is 1. The summed E-state index contributed by atoms with van der Waals surface area (Å²) in [6.07, 6.45) is 7.20. The van der Waals surface area contributed by atoms with Gasteiger partial charge in [-0.15, -0.1) is 0 Å². The molecule has 0 spiro atoms. The van der Waals surface area contributed by atoms with Gasteiger partial charge in [0.25, 0.3) is 5.91 Å². The smallest absolute Gasteiger partial charge is 0.342 e. The Bertz CT molecular complexity index is 1370. The minimum absolute atomic E-state index is 0.175. The van der Waals surface area contributed by atoms with Crippen LogP contribution in [-0.4, -0.2) is 70.2 Å². The van der Waals surface area contributed by atoms with Gasteiger partial charge in [-0.05, 0) is 82.6 Å². The molecule has 0 radical (unpaired) electrons. The number of benzene rings is 1. The number of ether oxygens (including phenoxy) is 2. The van der Waals surface area contributed by atoms with Gasteiger partial charge in [0.05, 0.1) is 17.3 Å². The highest BCUT2D eigenvalue weighted by atomic mass is 16.5. The molecular formula is C31H40N4O4. The number of carbonyl (C=O) groups is 2. The molecule has 8 heteroatoms. The number of rotatable bonds is 7. The van der Waals surface area contributed by atoms with Gasteiger partial charge in [-0.1, -0.05) is 20.3 Å². The van der Waals surface area contributed by atoms with Crippen molar-refractivity contribution in [3.63, 3.8) is 0 Å². The maximum atomic E-state index is 13.8. The third-order valence-electron chi connectivity index (χ3n) is 7.54. The number of hydrogen-bond acceptors (Lipinski definition) is 5. The Morgan fingerprint density at radius 3 is 2.49 bits per heavy atom.